The third-order valence-electron chi connectivity index (χ3n) is 1.97. The summed E-state index contributed by atoms with van der Waals surface area (Å²) in [5, 5.41) is 10.8. The van der Waals surface area contributed by atoms with Crippen LogP contribution < -0.4 is 14.8 Å². The van der Waals surface area contributed by atoms with Crippen molar-refractivity contribution in [1.82, 2.24) is 5.32 Å². The Morgan fingerprint density at radius 3 is 2.62 bits per heavy atom. The van der Waals surface area contributed by atoms with Crippen LogP contribution in [-0.4, -0.2) is 26.7 Å². The summed E-state index contributed by atoms with van der Waals surface area (Å²) in [7, 11) is 3.02. The number of rotatable bonds is 4. The lowest BCUT2D eigenvalue weighted by molar-refractivity contribution is 0.0958. The van der Waals surface area contributed by atoms with Crippen LogP contribution in [0.25, 0.3) is 0 Å². The monoisotopic (exact) mass is 220 g/mol. The van der Waals surface area contributed by atoms with Gasteiger partial charge in [-0.2, -0.15) is 5.26 Å². The van der Waals surface area contributed by atoms with E-state index in [1.807, 2.05) is 6.07 Å². The largest absolute Gasteiger partial charge is 0.493 e. The normalized spacial score (nSPS) is 9.06. The molecule has 1 aromatic carbocycles. The quantitative estimate of drug-likeness (QED) is 0.767. The van der Waals surface area contributed by atoms with Crippen LogP contribution in [0.1, 0.15) is 10.4 Å². The van der Waals surface area contributed by atoms with Gasteiger partial charge in [-0.25, -0.2) is 0 Å². The Labute approximate surface area is 93.6 Å². The summed E-state index contributed by atoms with van der Waals surface area (Å²) in [5.41, 5.74) is 0.424. The number of carbonyl (C=O) groups excluding carboxylic acids is 1. The van der Waals surface area contributed by atoms with Crippen LogP contribution in [0, 0.1) is 11.3 Å². The van der Waals surface area contributed by atoms with E-state index in [2.05, 4.69) is 5.32 Å². The van der Waals surface area contributed by atoms with Gasteiger partial charge >= 0.3 is 0 Å². The summed E-state index contributed by atoms with van der Waals surface area (Å²) in [6.07, 6.45) is 0. The second-order valence-corrected chi connectivity index (χ2v) is 2.91. The standard InChI is InChI=1S/C11H12N2O3/c1-15-9-4-3-8(7-10(9)16-2)11(14)13-6-5-12/h3-4,7H,6H2,1-2H3,(H,13,14). The number of nitrogens with zero attached hydrogens (tertiary/aromatic N) is 1. The van der Waals surface area contributed by atoms with E-state index in [1.54, 1.807) is 18.2 Å². The van der Waals surface area contributed by atoms with E-state index in [0.29, 0.717) is 17.1 Å². The van der Waals surface area contributed by atoms with Gasteiger partial charge in [0.25, 0.3) is 5.91 Å². The Hall–Kier alpha value is -2.22. The molecule has 1 N–H and O–H groups in total. The minimum absolute atomic E-state index is 0.0207. The van der Waals surface area contributed by atoms with Crippen LogP contribution in [-0.2, 0) is 0 Å². The first kappa shape index (κ1) is 11.9. The Morgan fingerprint density at radius 2 is 2.06 bits per heavy atom. The predicted octanol–water partition coefficient (Wildman–Crippen LogP) is 0.957. The van der Waals surface area contributed by atoms with Crippen LogP contribution in [0.15, 0.2) is 18.2 Å². The van der Waals surface area contributed by atoms with Crippen molar-refractivity contribution in [2.75, 3.05) is 20.8 Å². The molecule has 0 aliphatic carbocycles. The lowest BCUT2D eigenvalue weighted by Crippen LogP contribution is -2.23. The number of methoxy groups -OCH3 is 2. The number of hydrogen-bond donors (Lipinski definition) is 1. The van der Waals surface area contributed by atoms with E-state index in [1.165, 1.54) is 14.2 Å². The van der Waals surface area contributed by atoms with Crippen LogP contribution in [0.2, 0.25) is 0 Å². The van der Waals surface area contributed by atoms with Gasteiger partial charge in [0.15, 0.2) is 11.5 Å². The summed E-state index contributed by atoms with van der Waals surface area (Å²) in [6, 6.07) is 6.64. The number of carbonyl (C=O) groups is 1. The van der Waals surface area contributed by atoms with Crippen molar-refractivity contribution < 1.29 is 14.3 Å². The molecule has 0 radical (unpaired) electrons. The molecule has 0 aromatic heterocycles. The first-order valence-corrected chi connectivity index (χ1v) is 4.60. The summed E-state index contributed by atoms with van der Waals surface area (Å²) in [5.74, 6) is 0.717. The number of benzene rings is 1. The van der Waals surface area contributed by atoms with Gasteiger partial charge in [-0.15, -0.1) is 0 Å². The smallest absolute Gasteiger partial charge is 0.252 e. The molecule has 0 saturated carbocycles. The van der Waals surface area contributed by atoms with Crippen molar-refractivity contribution in [3.8, 4) is 17.6 Å². The molecule has 0 aliphatic heterocycles. The van der Waals surface area contributed by atoms with Crippen molar-refractivity contribution in [1.29, 1.82) is 5.26 Å². The van der Waals surface area contributed by atoms with Crippen molar-refractivity contribution >= 4 is 5.91 Å². The van der Waals surface area contributed by atoms with Gasteiger partial charge in [0.05, 0.1) is 20.3 Å². The average molecular weight is 220 g/mol. The van der Waals surface area contributed by atoms with E-state index >= 15 is 0 Å². The highest BCUT2D eigenvalue weighted by Crippen LogP contribution is 2.27. The fourth-order valence-electron chi connectivity index (χ4n) is 1.20. The zero-order valence-electron chi connectivity index (χ0n) is 9.11. The highest BCUT2D eigenvalue weighted by Gasteiger charge is 2.09. The molecule has 0 spiro atoms. The maximum Gasteiger partial charge on any atom is 0.252 e. The van der Waals surface area contributed by atoms with Gasteiger partial charge in [0.1, 0.15) is 6.54 Å². The number of nitriles is 1. The molecule has 0 bridgehead atoms. The summed E-state index contributed by atoms with van der Waals surface area (Å²) in [4.78, 5) is 11.5. The van der Waals surface area contributed by atoms with Gasteiger partial charge in [-0.3, -0.25) is 4.79 Å². The molecule has 84 valence electrons. The minimum Gasteiger partial charge on any atom is -0.493 e. The Balaban J connectivity index is 2.91. The van der Waals surface area contributed by atoms with Crippen LogP contribution >= 0.6 is 0 Å². The first-order chi connectivity index (χ1) is 7.72. The van der Waals surface area contributed by atoms with Crippen molar-refractivity contribution in [2.45, 2.75) is 0 Å². The Kier molecular flexibility index (Phi) is 4.16. The Bertz CT molecular complexity index is 424. The highest BCUT2D eigenvalue weighted by molar-refractivity contribution is 5.95. The van der Waals surface area contributed by atoms with Gasteiger partial charge < -0.3 is 14.8 Å². The van der Waals surface area contributed by atoms with Gasteiger partial charge in [-0.1, -0.05) is 0 Å². The van der Waals surface area contributed by atoms with Crippen molar-refractivity contribution in [3.05, 3.63) is 23.8 Å². The molecule has 1 rings (SSSR count). The lowest BCUT2D eigenvalue weighted by atomic mass is 10.2. The molecule has 1 aromatic rings. The molecule has 0 heterocycles. The number of ether oxygens (including phenoxy) is 2. The molecule has 5 nitrogen and oxygen atoms in total. The number of nitrogens with one attached hydrogen (secondary N) is 1. The van der Waals surface area contributed by atoms with E-state index in [9.17, 15) is 4.79 Å². The Morgan fingerprint density at radius 1 is 1.38 bits per heavy atom. The lowest BCUT2D eigenvalue weighted by Gasteiger charge is -2.08. The second kappa shape index (κ2) is 5.61. The molecule has 1 amide bonds. The fourth-order valence-corrected chi connectivity index (χ4v) is 1.20. The van der Waals surface area contributed by atoms with Crippen LogP contribution in [0.5, 0.6) is 11.5 Å². The molecule has 16 heavy (non-hydrogen) atoms. The maximum absolute atomic E-state index is 11.5. The van der Waals surface area contributed by atoms with Crippen molar-refractivity contribution in [2.24, 2.45) is 0 Å². The predicted molar refractivity (Wildman–Crippen MR) is 57.5 cm³/mol. The topological polar surface area (TPSA) is 71.3 Å². The SMILES string of the molecule is COc1ccc(C(=O)NCC#N)cc1OC. The third-order valence-corrected chi connectivity index (χ3v) is 1.97. The van der Waals surface area contributed by atoms with E-state index in [4.69, 9.17) is 14.7 Å². The molecule has 5 heteroatoms. The van der Waals surface area contributed by atoms with E-state index in [-0.39, 0.29) is 12.5 Å². The number of hydrogen-bond acceptors (Lipinski definition) is 4. The summed E-state index contributed by atoms with van der Waals surface area (Å²) >= 11 is 0. The molecular weight excluding hydrogens is 208 g/mol. The molecule has 0 saturated heterocycles. The van der Waals surface area contributed by atoms with Crippen LogP contribution in [0.4, 0.5) is 0 Å². The zero-order chi connectivity index (χ0) is 12.0. The minimum atomic E-state index is -0.317. The molecule has 0 atom stereocenters. The first-order valence-electron chi connectivity index (χ1n) is 4.60. The van der Waals surface area contributed by atoms with Gasteiger partial charge in [-0.05, 0) is 18.2 Å². The maximum atomic E-state index is 11.5. The number of amides is 1. The average Bonchev–Trinajstić information content (AvgIpc) is 2.34. The van der Waals surface area contributed by atoms with Crippen molar-refractivity contribution in [3.63, 3.8) is 0 Å². The van der Waals surface area contributed by atoms with Gasteiger partial charge in [0, 0.05) is 5.56 Å². The molecule has 0 aliphatic rings. The molecule has 0 fully saturated rings. The molecular formula is C11H12N2O3. The highest BCUT2D eigenvalue weighted by atomic mass is 16.5. The third kappa shape index (κ3) is 2.64. The second-order valence-electron chi connectivity index (χ2n) is 2.91. The fraction of sp³-hybridized carbons (Fsp3) is 0.273. The van der Waals surface area contributed by atoms with Crippen LogP contribution in [0.3, 0.4) is 0 Å². The van der Waals surface area contributed by atoms with E-state index < -0.39 is 0 Å². The molecule has 0 unspecified atom stereocenters. The summed E-state index contributed by atoms with van der Waals surface area (Å²) in [6.45, 7) is -0.0207. The summed E-state index contributed by atoms with van der Waals surface area (Å²) < 4.78 is 10.1. The van der Waals surface area contributed by atoms with E-state index in [0.717, 1.165) is 0 Å². The van der Waals surface area contributed by atoms with Gasteiger partial charge in [0.2, 0.25) is 0 Å². The zero-order valence-corrected chi connectivity index (χ0v) is 9.11.